The molecule has 2 heterocycles. The first kappa shape index (κ1) is 19.2. The van der Waals surface area contributed by atoms with Crippen LogP contribution >= 0.6 is 0 Å². The molecule has 6 nitrogen and oxygen atoms in total. The first-order valence-corrected chi connectivity index (χ1v) is 10.3. The fourth-order valence-electron chi connectivity index (χ4n) is 3.61. The van der Waals surface area contributed by atoms with Crippen LogP contribution in [0.4, 0.5) is 5.69 Å². The van der Waals surface area contributed by atoms with Crippen LogP contribution in [0.5, 0.6) is 5.75 Å². The van der Waals surface area contributed by atoms with E-state index in [9.17, 15) is 4.79 Å². The maximum absolute atomic E-state index is 12.6. The number of aromatic nitrogens is 3. The van der Waals surface area contributed by atoms with Crippen molar-refractivity contribution in [1.82, 2.24) is 14.8 Å². The van der Waals surface area contributed by atoms with Crippen LogP contribution in [0.15, 0.2) is 54.6 Å². The third-order valence-corrected chi connectivity index (χ3v) is 5.20. The van der Waals surface area contributed by atoms with Gasteiger partial charge < -0.3 is 14.6 Å². The van der Waals surface area contributed by atoms with Gasteiger partial charge in [0.2, 0.25) is 0 Å². The first-order valence-electron chi connectivity index (χ1n) is 10.3. The highest BCUT2D eigenvalue weighted by molar-refractivity contribution is 5.94. The zero-order chi connectivity index (χ0) is 20.1. The Morgan fingerprint density at radius 2 is 1.86 bits per heavy atom. The molecule has 3 aromatic rings. The van der Waals surface area contributed by atoms with Gasteiger partial charge in [0, 0.05) is 24.2 Å². The van der Waals surface area contributed by atoms with Crippen molar-refractivity contribution in [2.45, 2.75) is 51.7 Å². The Morgan fingerprint density at radius 3 is 2.62 bits per heavy atom. The van der Waals surface area contributed by atoms with Crippen molar-refractivity contribution in [3.8, 4) is 17.1 Å². The molecule has 0 fully saturated rings. The lowest BCUT2D eigenvalue weighted by Crippen LogP contribution is -2.32. The number of fused-ring (bicyclic) bond motifs is 1. The molecule has 1 amide bonds. The van der Waals surface area contributed by atoms with Crippen molar-refractivity contribution in [3.63, 3.8) is 0 Å². The molecule has 0 aliphatic carbocycles. The lowest BCUT2D eigenvalue weighted by atomic mass is 10.1. The second-order valence-corrected chi connectivity index (χ2v) is 7.30. The molecule has 1 N–H and O–H groups in total. The SMILES string of the molecule is CC[C@@H](Oc1ccccc1)C(=O)Nc1ccc(-c2nnc3n2CCCCC3)cc1. The van der Waals surface area contributed by atoms with Gasteiger partial charge in [0.15, 0.2) is 11.9 Å². The van der Waals surface area contributed by atoms with Crippen LogP contribution in [0.2, 0.25) is 0 Å². The topological polar surface area (TPSA) is 69.0 Å². The fraction of sp³-hybridized carbons (Fsp3) is 0.348. The number of hydrogen-bond donors (Lipinski definition) is 1. The maximum atomic E-state index is 12.6. The number of rotatable bonds is 6. The van der Waals surface area contributed by atoms with E-state index in [1.54, 1.807) is 0 Å². The molecular weight excluding hydrogens is 364 g/mol. The number of benzene rings is 2. The quantitative estimate of drug-likeness (QED) is 0.674. The lowest BCUT2D eigenvalue weighted by Gasteiger charge is -2.17. The Morgan fingerprint density at radius 1 is 1.07 bits per heavy atom. The van der Waals surface area contributed by atoms with E-state index in [2.05, 4.69) is 20.1 Å². The summed E-state index contributed by atoms with van der Waals surface area (Å²) < 4.78 is 8.04. The monoisotopic (exact) mass is 390 g/mol. The third kappa shape index (κ3) is 4.47. The summed E-state index contributed by atoms with van der Waals surface area (Å²) in [6.07, 6.45) is 4.60. The van der Waals surface area contributed by atoms with Gasteiger partial charge in [-0.05, 0) is 55.7 Å². The molecule has 2 aromatic carbocycles. The maximum Gasteiger partial charge on any atom is 0.265 e. The molecule has 1 aliphatic heterocycles. The van der Waals surface area contributed by atoms with Gasteiger partial charge in [-0.3, -0.25) is 4.79 Å². The minimum atomic E-state index is -0.538. The molecule has 1 aliphatic rings. The van der Waals surface area contributed by atoms with Gasteiger partial charge in [-0.1, -0.05) is 31.5 Å². The molecule has 0 unspecified atom stereocenters. The van der Waals surface area contributed by atoms with E-state index in [0.717, 1.165) is 42.3 Å². The molecule has 150 valence electrons. The number of nitrogens with one attached hydrogen (secondary N) is 1. The smallest absolute Gasteiger partial charge is 0.265 e. The molecule has 0 radical (unpaired) electrons. The standard InChI is InChI=1S/C23H26N4O2/c1-2-20(29-19-9-5-3-6-10-19)23(28)24-18-14-12-17(13-15-18)22-26-25-21-11-7-4-8-16-27(21)22/h3,5-6,9-10,12-15,20H,2,4,7-8,11,16H2,1H3,(H,24,28)/t20-/m1/s1. The largest absolute Gasteiger partial charge is 0.481 e. The number of aryl methyl sites for hydroxylation is 1. The van der Waals surface area contributed by atoms with E-state index in [0.29, 0.717) is 12.2 Å². The first-order chi connectivity index (χ1) is 14.2. The number of amides is 1. The predicted octanol–water partition coefficient (Wildman–Crippen LogP) is 4.47. The highest BCUT2D eigenvalue weighted by Crippen LogP contribution is 2.24. The van der Waals surface area contributed by atoms with E-state index >= 15 is 0 Å². The van der Waals surface area contributed by atoms with Crippen molar-refractivity contribution in [2.75, 3.05) is 5.32 Å². The molecule has 0 bridgehead atoms. The van der Waals surface area contributed by atoms with Crippen molar-refractivity contribution in [1.29, 1.82) is 0 Å². The zero-order valence-corrected chi connectivity index (χ0v) is 16.7. The van der Waals surface area contributed by atoms with Crippen molar-refractivity contribution in [3.05, 3.63) is 60.4 Å². The van der Waals surface area contributed by atoms with Crippen molar-refractivity contribution >= 4 is 11.6 Å². The molecular formula is C23H26N4O2. The fourth-order valence-corrected chi connectivity index (χ4v) is 3.61. The predicted molar refractivity (Wildman–Crippen MR) is 113 cm³/mol. The number of carbonyl (C=O) groups is 1. The summed E-state index contributed by atoms with van der Waals surface area (Å²) in [4.78, 5) is 12.6. The second kappa shape index (κ2) is 8.90. The zero-order valence-electron chi connectivity index (χ0n) is 16.7. The second-order valence-electron chi connectivity index (χ2n) is 7.30. The van der Waals surface area contributed by atoms with E-state index in [-0.39, 0.29) is 5.91 Å². The van der Waals surface area contributed by atoms with E-state index in [1.807, 2.05) is 61.5 Å². The number of nitrogens with zero attached hydrogens (tertiary/aromatic N) is 3. The number of para-hydroxylation sites is 1. The Hall–Kier alpha value is -3.15. The van der Waals surface area contributed by atoms with Gasteiger partial charge in [-0.2, -0.15) is 0 Å². The molecule has 1 atom stereocenters. The van der Waals surface area contributed by atoms with E-state index in [4.69, 9.17) is 4.74 Å². The highest BCUT2D eigenvalue weighted by atomic mass is 16.5. The lowest BCUT2D eigenvalue weighted by molar-refractivity contribution is -0.122. The van der Waals surface area contributed by atoms with Crippen molar-refractivity contribution in [2.24, 2.45) is 0 Å². The molecule has 0 saturated carbocycles. The van der Waals surface area contributed by atoms with Crippen LogP contribution in [0.1, 0.15) is 38.4 Å². The van der Waals surface area contributed by atoms with Crippen LogP contribution in [-0.2, 0) is 17.8 Å². The van der Waals surface area contributed by atoms with Gasteiger partial charge in [-0.15, -0.1) is 10.2 Å². The van der Waals surface area contributed by atoms with Crippen molar-refractivity contribution < 1.29 is 9.53 Å². The number of ether oxygens (including phenoxy) is 1. The summed E-state index contributed by atoms with van der Waals surface area (Å²) in [5.74, 6) is 2.51. The van der Waals surface area contributed by atoms with Crippen LogP contribution in [-0.4, -0.2) is 26.8 Å². The van der Waals surface area contributed by atoms with E-state index in [1.165, 1.54) is 12.8 Å². The number of carbonyl (C=O) groups excluding carboxylic acids is 1. The van der Waals surface area contributed by atoms with Gasteiger partial charge in [-0.25, -0.2) is 0 Å². The number of hydrogen-bond acceptors (Lipinski definition) is 4. The molecule has 4 rings (SSSR count). The Kier molecular flexibility index (Phi) is 5.89. The van der Waals surface area contributed by atoms with Crippen LogP contribution in [0.3, 0.4) is 0 Å². The Bertz CT molecular complexity index is 951. The molecule has 1 aromatic heterocycles. The minimum absolute atomic E-state index is 0.152. The average molecular weight is 390 g/mol. The van der Waals surface area contributed by atoms with Gasteiger partial charge >= 0.3 is 0 Å². The third-order valence-electron chi connectivity index (χ3n) is 5.20. The van der Waals surface area contributed by atoms with Gasteiger partial charge in [0.25, 0.3) is 5.91 Å². The van der Waals surface area contributed by atoms with Crippen LogP contribution in [0, 0.1) is 0 Å². The number of anilines is 1. The molecule has 0 saturated heterocycles. The molecule has 6 heteroatoms. The average Bonchev–Trinajstić information content (AvgIpc) is 3.01. The summed E-state index contributed by atoms with van der Waals surface area (Å²) in [6, 6.07) is 17.2. The normalized spacial score (nSPS) is 14.5. The highest BCUT2D eigenvalue weighted by Gasteiger charge is 2.19. The summed E-state index contributed by atoms with van der Waals surface area (Å²) in [6.45, 7) is 2.90. The Labute approximate surface area is 170 Å². The molecule has 0 spiro atoms. The van der Waals surface area contributed by atoms with Gasteiger partial charge in [0.1, 0.15) is 11.6 Å². The van der Waals surface area contributed by atoms with Gasteiger partial charge in [0.05, 0.1) is 0 Å². The summed E-state index contributed by atoms with van der Waals surface area (Å²) in [7, 11) is 0. The molecule has 29 heavy (non-hydrogen) atoms. The Balaban J connectivity index is 1.44. The van der Waals surface area contributed by atoms with Crippen LogP contribution in [0.25, 0.3) is 11.4 Å². The summed E-state index contributed by atoms with van der Waals surface area (Å²) in [5, 5.41) is 11.7. The summed E-state index contributed by atoms with van der Waals surface area (Å²) in [5.41, 5.74) is 1.75. The summed E-state index contributed by atoms with van der Waals surface area (Å²) >= 11 is 0. The van der Waals surface area contributed by atoms with E-state index < -0.39 is 6.10 Å². The minimum Gasteiger partial charge on any atom is -0.481 e. The van der Waals surface area contributed by atoms with Crippen LogP contribution < -0.4 is 10.1 Å².